The average molecular weight is 317 g/mol. The molecule has 0 saturated heterocycles. The van der Waals surface area contributed by atoms with Gasteiger partial charge >= 0.3 is 0 Å². The Hall–Kier alpha value is -2.98. The Morgan fingerprint density at radius 1 is 0.625 bits per heavy atom. The van der Waals surface area contributed by atoms with E-state index >= 15 is 0 Å². The molecule has 0 radical (unpaired) electrons. The van der Waals surface area contributed by atoms with Crippen LogP contribution in [0.25, 0.3) is 0 Å². The molecule has 1 aliphatic rings. The van der Waals surface area contributed by atoms with Gasteiger partial charge < -0.3 is 0 Å². The molecule has 24 heavy (non-hydrogen) atoms. The topological polar surface area (TPSA) is 30.0 Å². The highest BCUT2D eigenvalue weighted by molar-refractivity contribution is 5.86. The molecule has 1 aliphatic heterocycles. The summed E-state index contributed by atoms with van der Waals surface area (Å²) in [7, 11) is 0. The number of hydrogen-bond donors (Lipinski definition) is 1. The Morgan fingerprint density at radius 2 is 1.12 bits per heavy atom. The van der Waals surface area contributed by atoms with Crippen molar-refractivity contribution in [3.05, 3.63) is 83.9 Å². The smallest absolute Gasteiger partial charge is 0.116 e. The van der Waals surface area contributed by atoms with E-state index in [0.29, 0.717) is 0 Å². The summed E-state index contributed by atoms with van der Waals surface area (Å²) in [5.41, 5.74) is 5.95. The summed E-state index contributed by atoms with van der Waals surface area (Å²) in [4.78, 5) is 0. The molecule has 3 aromatic carbocycles. The number of benzene rings is 3. The third-order valence-corrected chi connectivity index (χ3v) is 4.24. The molecule has 3 aromatic rings. The predicted molar refractivity (Wildman–Crippen MR) is 97.7 cm³/mol. The largest absolute Gasteiger partial charge is 0.267 e. The zero-order valence-electron chi connectivity index (χ0n) is 13.7. The van der Waals surface area contributed by atoms with Gasteiger partial charge in [0.1, 0.15) is 5.69 Å². The van der Waals surface area contributed by atoms with Crippen LogP contribution in [0.1, 0.15) is 11.1 Å². The Kier molecular flexibility index (Phi) is 3.40. The Morgan fingerprint density at radius 3 is 1.71 bits per heavy atom. The van der Waals surface area contributed by atoms with Crippen molar-refractivity contribution in [2.75, 3.05) is 15.3 Å². The summed E-state index contributed by atoms with van der Waals surface area (Å²) in [5.74, 6) is 0. The number of nitrogens with zero attached hydrogens (tertiary/aromatic N) is 3. The van der Waals surface area contributed by atoms with Crippen LogP contribution in [0.3, 0.4) is 0 Å². The molecule has 4 heteroatoms. The zero-order valence-corrected chi connectivity index (χ0v) is 13.7. The van der Waals surface area contributed by atoms with Crippen LogP contribution in [-0.2, 0) is 0 Å². The van der Waals surface area contributed by atoms with E-state index < -0.39 is 0 Å². The van der Waals surface area contributed by atoms with Crippen LogP contribution >= 0.6 is 0 Å². The third-order valence-electron chi connectivity index (χ3n) is 4.24. The highest BCUT2D eigenvalue weighted by Gasteiger charge is 2.34. The molecular formula is C20H19N3O. The molecule has 1 N–H and O–H groups in total. The number of fused-ring (bicyclic) bond motifs is 1. The van der Waals surface area contributed by atoms with E-state index in [1.807, 2.05) is 53.5 Å². The quantitative estimate of drug-likeness (QED) is 0.721. The first-order valence-corrected chi connectivity index (χ1v) is 7.96. The number of para-hydroxylation sites is 2. The second kappa shape index (κ2) is 5.58. The van der Waals surface area contributed by atoms with E-state index in [-0.39, 0.29) is 0 Å². The summed E-state index contributed by atoms with van der Waals surface area (Å²) in [6.07, 6.45) is 0. The van der Waals surface area contributed by atoms with Crippen molar-refractivity contribution >= 4 is 22.7 Å². The van der Waals surface area contributed by atoms with Gasteiger partial charge in [-0.25, -0.2) is 5.01 Å². The Bertz CT molecular complexity index is 859. The van der Waals surface area contributed by atoms with Crippen molar-refractivity contribution in [3.63, 3.8) is 0 Å². The molecule has 0 aliphatic carbocycles. The van der Waals surface area contributed by atoms with Gasteiger partial charge in [-0.15, -0.1) is 5.17 Å². The first kappa shape index (κ1) is 14.6. The molecule has 0 bridgehead atoms. The van der Waals surface area contributed by atoms with Crippen LogP contribution in [0.4, 0.5) is 22.7 Å². The molecule has 1 heterocycles. The van der Waals surface area contributed by atoms with Crippen LogP contribution in [-0.4, -0.2) is 5.21 Å². The van der Waals surface area contributed by atoms with E-state index in [1.165, 1.54) is 16.3 Å². The maximum absolute atomic E-state index is 10.8. The van der Waals surface area contributed by atoms with Crippen LogP contribution < -0.4 is 15.3 Å². The minimum Gasteiger partial charge on any atom is -0.267 e. The third kappa shape index (κ3) is 2.28. The van der Waals surface area contributed by atoms with E-state index in [4.69, 9.17) is 0 Å². The number of rotatable bonds is 2. The SMILES string of the molecule is Cc1ccc(N2c3ccccc3N(O)N2c2ccc(C)cc2)cc1. The second-order valence-electron chi connectivity index (χ2n) is 6.05. The lowest BCUT2D eigenvalue weighted by Crippen LogP contribution is -2.45. The lowest BCUT2D eigenvalue weighted by atomic mass is 10.2. The molecule has 4 rings (SSSR count). The molecule has 0 spiro atoms. The van der Waals surface area contributed by atoms with Crippen LogP contribution in [0, 0.1) is 13.8 Å². The van der Waals surface area contributed by atoms with Crippen molar-refractivity contribution in [2.24, 2.45) is 0 Å². The molecule has 0 unspecified atom stereocenters. The van der Waals surface area contributed by atoms with Gasteiger partial charge in [0.05, 0.1) is 17.1 Å². The maximum atomic E-state index is 10.8. The van der Waals surface area contributed by atoms with Gasteiger partial charge in [0.2, 0.25) is 0 Å². The summed E-state index contributed by atoms with van der Waals surface area (Å²) in [5, 5.41) is 15.7. The summed E-state index contributed by atoms with van der Waals surface area (Å²) < 4.78 is 0. The van der Waals surface area contributed by atoms with Gasteiger partial charge in [-0.3, -0.25) is 5.21 Å². The van der Waals surface area contributed by atoms with Crippen LogP contribution in [0.5, 0.6) is 0 Å². The second-order valence-corrected chi connectivity index (χ2v) is 6.05. The Labute approximate surface area is 141 Å². The minimum atomic E-state index is 0.749. The van der Waals surface area contributed by atoms with Gasteiger partial charge in [-0.1, -0.05) is 47.5 Å². The zero-order chi connectivity index (χ0) is 16.7. The van der Waals surface area contributed by atoms with Crippen molar-refractivity contribution in [1.82, 2.24) is 0 Å². The van der Waals surface area contributed by atoms with E-state index in [9.17, 15) is 5.21 Å². The van der Waals surface area contributed by atoms with Crippen LogP contribution in [0.15, 0.2) is 72.8 Å². The van der Waals surface area contributed by atoms with Gasteiger partial charge in [0.25, 0.3) is 0 Å². The predicted octanol–water partition coefficient (Wildman–Crippen LogP) is 4.99. The first-order valence-electron chi connectivity index (χ1n) is 7.96. The molecule has 0 aromatic heterocycles. The van der Waals surface area contributed by atoms with Gasteiger partial charge in [-0.05, 0) is 50.2 Å². The summed E-state index contributed by atoms with van der Waals surface area (Å²) in [6.45, 7) is 4.12. The molecule has 0 saturated carbocycles. The summed E-state index contributed by atoms with van der Waals surface area (Å²) in [6, 6.07) is 24.2. The fraction of sp³-hybridized carbons (Fsp3) is 0.100. The average Bonchev–Trinajstić information content (AvgIpc) is 2.90. The van der Waals surface area contributed by atoms with Crippen molar-refractivity contribution in [1.29, 1.82) is 0 Å². The number of anilines is 4. The molecule has 0 fully saturated rings. The molecular weight excluding hydrogens is 298 g/mol. The molecule has 120 valence electrons. The van der Waals surface area contributed by atoms with E-state index in [2.05, 4.69) is 38.1 Å². The van der Waals surface area contributed by atoms with Gasteiger partial charge in [-0.2, -0.15) is 5.12 Å². The van der Waals surface area contributed by atoms with E-state index in [1.54, 1.807) is 5.12 Å². The normalized spacial score (nSPS) is 13.4. The van der Waals surface area contributed by atoms with Crippen molar-refractivity contribution in [2.45, 2.75) is 13.8 Å². The number of hydrazine groups is 2. The lowest BCUT2D eigenvalue weighted by Gasteiger charge is -2.33. The van der Waals surface area contributed by atoms with Gasteiger partial charge in [0, 0.05) is 0 Å². The van der Waals surface area contributed by atoms with Gasteiger partial charge in [0.15, 0.2) is 0 Å². The lowest BCUT2D eigenvalue weighted by molar-refractivity contribution is 0.251. The van der Waals surface area contributed by atoms with E-state index in [0.717, 1.165) is 22.7 Å². The highest BCUT2D eigenvalue weighted by atomic mass is 16.6. The van der Waals surface area contributed by atoms with Crippen molar-refractivity contribution < 1.29 is 5.21 Å². The van der Waals surface area contributed by atoms with Crippen molar-refractivity contribution in [3.8, 4) is 0 Å². The summed E-state index contributed by atoms with van der Waals surface area (Å²) >= 11 is 0. The fourth-order valence-electron chi connectivity index (χ4n) is 2.94. The molecule has 4 nitrogen and oxygen atoms in total. The highest BCUT2D eigenvalue weighted by Crippen LogP contribution is 2.44. The molecule has 0 atom stereocenters. The van der Waals surface area contributed by atoms with Crippen LogP contribution in [0.2, 0.25) is 0 Å². The first-order chi connectivity index (χ1) is 11.6. The standard InChI is InChI=1S/C20H19N3O/c1-15-7-11-17(12-8-15)21-19-5-3-4-6-20(19)23(24)22(21)18-13-9-16(2)10-14-18/h3-14,24H,1-2H3. The Balaban J connectivity index is 1.87. The maximum Gasteiger partial charge on any atom is 0.116 e. The molecule has 0 amide bonds. The minimum absolute atomic E-state index is 0.749. The monoisotopic (exact) mass is 317 g/mol. The fourth-order valence-corrected chi connectivity index (χ4v) is 2.94. The number of aryl methyl sites for hydroxylation is 2. The number of hydrogen-bond acceptors (Lipinski definition) is 4.